The molecule has 9 aromatic rings. The Labute approximate surface area is 373 Å². The summed E-state index contributed by atoms with van der Waals surface area (Å²) in [7, 11) is 0. The molecule has 0 N–H and O–H groups in total. The van der Waals surface area contributed by atoms with Crippen molar-refractivity contribution in [2.45, 2.75) is 31.7 Å². The molecule has 3 atom stereocenters. The topological polar surface area (TPSA) is 46.8 Å². The van der Waals surface area contributed by atoms with Crippen molar-refractivity contribution in [3.05, 3.63) is 224 Å². The van der Waals surface area contributed by atoms with Crippen molar-refractivity contribution in [3.8, 4) is 51.0 Å². The second-order valence-electron chi connectivity index (χ2n) is 17.5. The minimum atomic E-state index is -0.150. The molecule has 0 amide bonds. The van der Waals surface area contributed by atoms with Gasteiger partial charge in [0.1, 0.15) is 0 Å². The molecule has 0 fully saturated rings. The van der Waals surface area contributed by atoms with Gasteiger partial charge in [0, 0.05) is 49.8 Å². The van der Waals surface area contributed by atoms with E-state index in [1.54, 1.807) is 0 Å². The molecule has 1 aliphatic heterocycles. The number of hydrogen-bond acceptors (Lipinski definition) is 4. The lowest BCUT2D eigenvalue weighted by atomic mass is 9.76. The Morgan fingerprint density at radius 1 is 0.531 bits per heavy atom. The van der Waals surface area contributed by atoms with E-state index in [4.69, 9.17) is 15.0 Å². The molecule has 306 valence electrons. The van der Waals surface area contributed by atoms with Gasteiger partial charge in [-0.2, -0.15) is 0 Å². The van der Waals surface area contributed by atoms with E-state index in [9.17, 15) is 0 Å². The first-order valence-electron chi connectivity index (χ1n) is 22.3. The van der Waals surface area contributed by atoms with Gasteiger partial charge in [-0.25, -0.2) is 15.0 Å². The molecule has 0 radical (unpaired) electrons. The largest absolute Gasteiger partial charge is 0.333 e. The number of para-hydroxylation sites is 3. The van der Waals surface area contributed by atoms with Gasteiger partial charge in [-0.15, -0.1) is 0 Å². The van der Waals surface area contributed by atoms with Gasteiger partial charge < -0.3 is 9.47 Å². The third kappa shape index (κ3) is 6.26. The van der Waals surface area contributed by atoms with Crippen molar-refractivity contribution in [3.63, 3.8) is 0 Å². The van der Waals surface area contributed by atoms with E-state index in [-0.39, 0.29) is 11.5 Å². The van der Waals surface area contributed by atoms with Crippen LogP contribution >= 0.6 is 0 Å². The Morgan fingerprint density at radius 2 is 1.16 bits per heavy atom. The first-order valence-corrected chi connectivity index (χ1v) is 22.3. The summed E-state index contributed by atoms with van der Waals surface area (Å²) in [6.45, 7) is 4.60. The third-order valence-electron chi connectivity index (χ3n) is 13.4. The van der Waals surface area contributed by atoms with E-state index in [0.717, 1.165) is 62.2 Å². The molecule has 64 heavy (non-hydrogen) atoms. The SMILES string of the molecule is CC1C=CC(c2cccc(-c3nc(-c4cccc(N5c6ccccc6C6(C)C=CC=CC56)c4)nc(-c4ccc(-n5c6ccccc6c6ccccc65)c(-c5ccccc5)c4)n3)c2)=CC1. The smallest absolute Gasteiger partial charge is 0.164 e. The van der Waals surface area contributed by atoms with Crippen LogP contribution in [0.3, 0.4) is 0 Å². The minimum absolute atomic E-state index is 0.132. The van der Waals surface area contributed by atoms with Gasteiger partial charge in [-0.1, -0.05) is 165 Å². The molecule has 7 aromatic carbocycles. The lowest BCUT2D eigenvalue weighted by Crippen LogP contribution is -2.39. The van der Waals surface area contributed by atoms with E-state index in [2.05, 4.69) is 236 Å². The van der Waals surface area contributed by atoms with Crippen LogP contribution in [0.15, 0.2) is 212 Å². The number of aromatic nitrogens is 4. The van der Waals surface area contributed by atoms with Crippen molar-refractivity contribution < 1.29 is 0 Å². The summed E-state index contributed by atoms with van der Waals surface area (Å²) in [6, 6.07) is 60.9. The number of rotatable bonds is 7. The number of allylic oxidation sites excluding steroid dienone is 6. The number of hydrogen-bond donors (Lipinski definition) is 0. The fourth-order valence-electron chi connectivity index (χ4n) is 10.2. The maximum atomic E-state index is 5.36. The van der Waals surface area contributed by atoms with Gasteiger partial charge in [0.15, 0.2) is 17.5 Å². The Morgan fingerprint density at radius 3 is 1.89 bits per heavy atom. The van der Waals surface area contributed by atoms with Gasteiger partial charge in [-0.05, 0) is 96.1 Å². The van der Waals surface area contributed by atoms with Gasteiger partial charge >= 0.3 is 0 Å². The van der Waals surface area contributed by atoms with E-state index < -0.39 is 0 Å². The number of benzene rings is 7. The Balaban J connectivity index is 1.04. The highest BCUT2D eigenvalue weighted by Crippen LogP contribution is 2.51. The average molecular weight is 824 g/mol. The predicted octanol–water partition coefficient (Wildman–Crippen LogP) is 14.5. The lowest BCUT2D eigenvalue weighted by molar-refractivity contribution is 0.551. The van der Waals surface area contributed by atoms with Gasteiger partial charge in [0.05, 0.1) is 22.8 Å². The van der Waals surface area contributed by atoms with Crippen LogP contribution in [0, 0.1) is 5.92 Å². The number of fused-ring (bicyclic) bond motifs is 6. The van der Waals surface area contributed by atoms with Gasteiger partial charge in [0.25, 0.3) is 0 Å². The lowest BCUT2D eigenvalue weighted by Gasteiger charge is -2.34. The molecule has 0 saturated carbocycles. The maximum absolute atomic E-state index is 5.36. The van der Waals surface area contributed by atoms with Crippen LogP contribution in [-0.2, 0) is 5.41 Å². The molecule has 3 aliphatic rings. The van der Waals surface area contributed by atoms with Crippen molar-refractivity contribution in [2.24, 2.45) is 5.92 Å². The second kappa shape index (κ2) is 15.2. The van der Waals surface area contributed by atoms with Gasteiger partial charge in [-0.3, -0.25) is 0 Å². The average Bonchev–Trinajstić information content (AvgIpc) is 3.83. The first-order chi connectivity index (χ1) is 31.5. The highest BCUT2D eigenvalue weighted by atomic mass is 15.2. The maximum Gasteiger partial charge on any atom is 0.164 e. The Kier molecular flexibility index (Phi) is 8.97. The van der Waals surface area contributed by atoms with Crippen LogP contribution < -0.4 is 4.90 Å². The van der Waals surface area contributed by atoms with Crippen LogP contribution in [0.1, 0.15) is 31.4 Å². The molecular weight excluding hydrogens is 779 g/mol. The van der Waals surface area contributed by atoms with Gasteiger partial charge in [0.2, 0.25) is 0 Å². The molecule has 2 aliphatic carbocycles. The predicted molar refractivity (Wildman–Crippen MR) is 265 cm³/mol. The van der Waals surface area contributed by atoms with E-state index in [0.29, 0.717) is 23.4 Å². The molecule has 0 spiro atoms. The molecule has 0 saturated heterocycles. The van der Waals surface area contributed by atoms with Crippen molar-refractivity contribution in [2.75, 3.05) is 4.90 Å². The fraction of sp³-hybridized carbons (Fsp3) is 0.102. The molecule has 12 rings (SSSR count). The normalized spacial score (nSPS) is 18.7. The second-order valence-corrected chi connectivity index (χ2v) is 17.5. The summed E-state index contributed by atoms with van der Waals surface area (Å²) in [5.41, 5.74) is 14.3. The Bertz CT molecular complexity index is 3370. The summed E-state index contributed by atoms with van der Waals surface area (Å²) in [6.07, 6.45) is 16.9. The van der Waals surface area contributed by atoms with E-state index in [1.807, 2.05) is 0 Å². The van der Waals surface area contributed by atoms with Crippen LogP contribution in [0.2, 0.25) is 0 Å². The zero-order valence-electron chi connectivity index (χ0n) is 35.8. The zero-order valence-corrected chi connectivity index (χ0v) is 35.8. The summed E-state index contributed by atoms with van der Waals surface area (Å²) in [5.74, 6) is 2.41. The summed E-state index contributed by atoms with van der Waals surface area (Å²) in [4.78, 5) is 18.5. The molecule has 5 heteroatoms. The van der Waals surface area contributed by atoms with Crippen LogP contribution in [-0.4, -0.2) is 25.6 Å². The zero-order chi connectivity index (χ0) is 42.8. The molecular formula is C59H45N5. The monoisotopic (exact) mass is 823 g/mol. The molecule has 0 bridgehead atoms. The minimum Gasteiger partial charge on any atom is -0.333 e. The summed E-state index contributed by atoms with van der Waals surface area (Å²) < 4.78 is 2.39. The van der Waals surface area contributed by atoms with Crippen LogP contribution in [0.4, 0.5) is 11.4 Å². The molecule has 5 nitrogen and oxygen atoms in total. The van der Waals surface area contributed by atoms with Crippen molar-refractivity contribution in [1.82, 2.24) is 19.5 Å². The highest BCUT2D eigenvalue weighted by molar-refractivity contribution is 6.09. The summed E-state index contributed by atoms with van der Waals surface area (Å²) in [5, 5.41) is 2.45. The number of anilines is 2. The molecule has 3 unspecified atom stereocenters. The first kappa shape index (κ1) is 37.8. The molecule has 3 heterocycles. The van der Waals surface area contributed by atoms with Crippen LogP contribution in [0.5, 0.6) is 0 Å². The van der Waals surface area contributed by atoms with E-state index >= 15 is 0 Å². The van der Waals surface area contributed by atoms with Crippen molar-refractivity contribution in [1.29, 1.82) is 0 Å². The molecule has 2 aromatic heterocycles. The van der Waals surface area contributed by atoms with Crippen LogP contribution in [0.25, 0.3) is 78.4 Å². The third-order valence-corrected chi connectivity index (χ3v) is 13.4. The summed E-state index contributed by atoms with van der Waals surface area (Å²) >= 11 is 0. The highest BCUT2D eigenvalue weighted by Gasteiger charge is 2.46. The Hall–Kier alpha value is -7.89. The quantitative estimate of drug-likeness (QED) is 0.161. The standard InChI is InChI=1S/C59H45N5/c1-39-29-31-40(32-30-39)42-18-14-19-43(36-42)56-60-57(44-20-15-21-46(37-44)63-54-27-11-8-24-50(54)59(2)35-13-12-28-55(59)63)62-58(61-56)45-33-34-53(49(38-45)41-16-4-3-5-17-41)64-51-25-9-6-22-47(51)48-23-7-10-26-52(48)64/h3-29,31-39,55H,30H2,1-2H3. The van der Waals surface area contributed by atoms with Crippen molar-refractivity contribution >= 4 is 38.8 Å². The fourth-order valence-corrected chi connectivity index (χ4v) is 10.2. The van der Waals surface area contributed by atoms with E-state index in [1.165, 1.54) is 27.6 Å². The number of nitrogens with zero attached hydrogens (tertiary/aromatic N) is 5.